The van der Waals surface area contributed by atoms with E-state index in [0.717, 1.165) is 0 Å². The summed E-state index contributed by atoms with van der Waals surface area (Å²) in [6.07, 6.45) is 8.77. The summed E-state index contributed by atoms with van der Waals surface area (Å²) in [5, 5.41) is 9.74. The molecule has 1 unspecified atom stereocenters. The number of hydrogen-bond acceptors (Lipinski definition) is 5. The van der Waals surface area contributed by atoms with Crippen molar-refractivity contribution >= 4 is 17.5 Å². The lowest BCUT2D eigenvalue weighted by Gasteiger charge is -2.22. The minimum Gasteiger partial charge on any atom is -0.495 e. The van der Waals surface area contributed by atoms with E-state index < -0.39 is 0 Å². The van der Waals surface area contributed by atoms with Crippen LogP contribution < -0.4 is 10.6 Å². The van der Waals surface area contributed by atoms with Crippen molar-refractivity contribution in [3.05, 3.63) is 53.8 Å². The zero-order chi connectivity index (χ0) is 17.1. The summed E-state index contributed by atoms with van der Waals surface area (Å²) in [6, 6.07) is 1.54. The molecule has 0 spiro atoms. The highest BCUT2D eigenvalue weighted by Gasteiger charge is 2.22. The standard InChI is InChI=1S/C16H17N5O3/c1-10(22)19-11-4-5-14(24-2)13(8-11)20-16(23)12-9-18-21-7-3-6-17-15(12)21/h3-7,9,11H,8H2,1-2H3,(H,19,22)(H,20,23). The van der Waals surface area contributed by atoms with Crippen molar-refractivity contribution in [3.63, 3.8) is 0 Å². The Morgan fingerprint density at radius 1 is 1.42 bits per heavy atom. The first-order chi connectivity index (χ1) is 11.6. The molecule has 2 heterocycles. The molecule has 0 radical (unpaired) electrons. The molecular formula is C16H17N5O3. The van der Waals surface area contributed by atoms with Crippen LogP contribution in [0.3, 0.4) is 0 Å². The van der Waals surface area contributed by atoms with Crippen molar-refractivity contribution in [3.8, 4) is 0 Å². The van der Waals surface area contributed by atoms with Crippen LogP contribution in [0.4, 0.5) is 0 Å². The van der Waals surface area contributed by atoms with Gasteiger partial charge in [-0.05, 0) is 12.1 Å². The van der Waals surface area contributed by atoms with Crippen LogP contribution in [-0.2, 0) is 9.53 Å². The van der Waals surface area contributed by atoms with Gasteiger partial charge in [0.2, 0.25) is 5.91 Å². The summed E-state index contributed by atoms with van der Waals surface area (Å²) in [5.41, 5.74) is 1.43. The van der Waals surface area contributed by atoms with Crippen molar-refractivity contribution in [1.29, 1.82) is 0 Å². The second-order valence-corrected chi connectivity index (χ2v) is 5.32. The third-order valence-electron chi connectivity index (χ3n) is 3.60. The van der Waals surface area contributed by atoms with Gasteiger partial charge in [0.25, 0.3) is 5.91 Å². The quantitative estimate of drug-likeness (QED) is 0.865. The predicted octanol–water partition coefficient (Wildman–Crippen LogP) is 0.782. The molecule has 124 valence electrons. The molecule has 0 aromatic carbocycles. The molecule has 2 amide bonds. The highest BCUT2D eigenvalue weighted by molar-refractivity contribution is 6.00. The summed E-state index contributed by atoms with van der Waals surface area (Å²) < 4.78 is 6.82. The topological polar surface area (TPSA) is 97.6 Å². The molecule has 8 nitrogen and oxygen atoms in total. The van der Waals surface area contributed by atoms with E-state index in [0.29, 0.717) is 29.1 Å². The SMILES string of the molecule is COC1=C(NC(=O)c2cnn3cccnc23)CC(NC(C)=O)C=C1. The average molecular weight is 327 g/mol. The number of fused-ring (bicyclic) bond motifs is 1. The van der Waals surface area contributed by atoms with Gasteiger partial charge in [-0.15, -0.1) is 0 Å². The lowest BCUT2D eigenvalue weighted by atomic mass is 10.0. The zero-order valence-electron chi connectivity index (χ0n) is 13.3. The predicted molar refractivity (Wildman–Crippen MR) is 85.8 cm³/mol. The molecule has 0 aliphatic heterocycles. The smallest absolute Gasteiger partial charge is 0.261 e. The van der Waals surface area contributed by atoms with E-state index in [-0.39, 0.29) is 17.9 Å². The maximum Gasteiger partial charge on any atom is 0.261 e. The summed E-state index contributed by atoms with van der Waals surface area (Å²) >= 11 is 0. The largest absolute Gasteiger partial charge is 0.495 e. The number of nitrogens with zero attached hydrogens (tertiary/aromatic N) is 3. The Morgan fingerprint density at radius 2 is 2.25 bits per heavy atom. The maximum absolute atomic E-state index is 12.6. The average Bonchev–Trinajstić information content (AvgIpc) is 2.98. The molecule has 0 saturated carbocycles. The molecule has 2 aromatic heterocycles. The fourth-order valence-electron chi connectivity index (χ4n) is 2.55. The lowest BCUT2D eigenvalue weighted by molar-refractivity contribution is -0.119. The minimum atomic E-state index is -0.329. The van der Waals surface area contributed by atoms with Gasteiger partial charge in [-0.2, -0.15) is 5.10 Å². The number of hydrogen-bond donors (Lipinski definition) is 2. The highest BCUT2D eigenvalue weighted by atomic mass is 16.5. The van der Waals surface area contributed by atoms with Crippen LogP contribution in [0.25, 0.3) is 5.65 Å². The first-order valence-electron chi connectivity index (χ1n) is 7.40. The van der Waals surface area contributed by atoms with E-state index in [9.17, 15) is 9.59 Å². The Kier molecular flexibility index (Phi) is 4.28. The van der Waals surface area contributed by atoms with E-state index in [1.54, 1.807) is 24.5 Å². The molecule has 0 saturated heterocycles. The van der Waals surface area contributed by atoms with E-state index in [1.807, 2.05) is 6.08 Å². The molecule has 2 N–H and O–H groups in total. The Labute approximate surface area is 138 Å². The van der Waals surface area contributed by atoms with Crippen LogP contribution in [0.15, 0.2) is 48.3 Å². The van der Waals surface area contributed by atoms with Crippen molar-refractivity contribution in [1.82, 2.24) is 25.2 Å². The fourth-order valence-corrected chi connectivity index (χ4v) is 2.55. The molecule has 1 aliphatic carbocycles. The van der Waals surface area contributed by atoms with Crippen LogP contribution in [0.5, 0.6) is 0 Å². The Morgan fingerprint density at radius 3 is 3.00 bits per heavy atom. The summed E-state index contributed by atoms with van der Waals surface area (Å²) in [7, 11) is 1.53. The number of rotatable bonds is 4. The van der Waals surface area contributed by atoms with Crippen LogP contribution in [-0.4, -0.2) is 39.6 Å². The molecule has 1 aliphatic rings. The second-order valence-electron chi connectivity index (χ2n) is 5.32. The number of nitrogens with one attached hydrogen (secondary N) is 2. The highest BCUT2D eigenvalue weighted by Crippen LogP contribution is 2.19. The fraction of sp³-hybridized carbons (Fsp3) is 0.250. The van der Waals surface area contributed by atoms with Gasteiger partial charge in [-0.1, -0.05) is 6.08 Å². The number of allylic oxidation sites excluding steroid dienone is 1. The van der Waals surface area contributed by atoms with E-state index in [1.165, 1.54) is 24.7 Å². The third-order valence-corrected chi connectivity index (χ3v) is 3.60. The third kappa shape index (κ3) is 3.12. The molecule has 2 aromatic rings. The number of methoxy groups -OCH3 is 1. The molecule has 0 fully saturated rings. The van der Waals surface area contributed by atoms with E-state index >= 15 is 0 Å². The first-order valence-corrected chi connectivity index (χ1v) is 7.40. The Bertz CT molecular complexity index is 852. The molecule has 0 bridgehead atoms. The summed E-state index contributed by atoms with van der Waals surface area (Å²) in [4.78, 5) is 28.0. The van der Waals surface area contributed by atoms with Gasteiger partial charge in [0.05, 0.1) is 25.0 Å². The minimum absolute atomic E-state index is 0.136. The van der Waals surface area contributed by atoms with Crippen LogP contribution in [0.1, 0.15) is 23.7 Å². The number of aromatic nitrogens is 3. The van der Waals surface area contributed by atoms with Gasteiger partial charge in [-0.25, -0.2) is 9.50 Å². The number of carbonyl (C=O) groups excluding carboxylic acids is 2. The molecule has 24 heavy (non-hydrogen) atoms. The molecule has 1 atom stereocenters. The molecular weight excluding hydrogens is 310 g/mol. The van der Waals surface area contributed by atoms with Crippen molar-refractivity contribution < 1.29 is 14.3 Å². The number of carbonyl (C=O) groups is 2. The Hall–Kier alpha value is -3.16. The van der Waals surface area contributed by atoms with Crippen molar-refractivity contribution in [2.75, 3.05) is 7.11 Å². The zero-order valence-corrected chi connectivity index (χ0v) is 13.3. The van der Waals surface area contributed by atoms with Crippen LogP contribution in [0.2, 0.25) is 0 Å². The van der Waals surface area contributed by atoms with Gasteiger partial charge in [0.1, 0.15) is 11.3 Å². The summed E-state index contributed by atoms with van der Waals surface area (Å²) in [6.45, 7) is 1.45. The van der Waals surface area contributed by atoms with Gasteiger partial charge in [0, 0.05) is 25.7 Å². The maximum atomic E-state index is 12.6. The van der Waals surface area contributed by atoms with E-state index in [2.05, 4.69) is 20.7 Å². The first kappa shape index (κ1) is 15.7. The van der Waals surface area contributed by atoms with Gasteiger partial charge in [0.15, 0.2) is 5.65 Å². The number of ether oxygens (including phenoxy) is 1. The van der Waals surface area contributed by atoms with Crippen molar-refractivity contribution in [2.45, 2.75) is 19.4 Å². The molecule has 8 heteroatoms. The number of amides is 2. The van der Waals surface area contributed by atoms with E-state index in [4.69, 9.17) is 4.74 Å². The second kappa shape index (κ2) is 6.53. The molecule has 3 rings (SSSR count). The Balaban J connectivity index is 1.82. The van der Waals surface area contributed by atoms with Gasteiger partial charge >= 0.3 is 0 Å². The summed E-state index contributed by atoms with van der Waals surface area (Å²) in [5.74, 6) is 0.0857. The van der Waals surface area contributed by atoms with Gasteiger partial charge < -0.3 is 15.4 Å². The van der Waals surface area contributed by atoms with Crippen LogP contribution in [0, 0.1) is 0 Å². The lowest BCUT2D eigenvalue weighted by Crippen LogP contribution is -2.36. The normalized spacial score (nSPS) is 17.0. The monoisotopic (exact) mass is 327 g/mol. The van der Waals surface area contributed by atoms with Gasteiger partial charge in [-0.3, -0.25) is 9.59 Å². The van der Waals surface area contributed by atoms with Crippen molar-refractivity contribution in [2.24, 2.45) is 0 Å². The van der Waals surface area contributed by atoms with Crippen LogP contribution >= 0.6 is 0 Å².